The Bertz CT molecular complexity index is 602. The summed E-state index contributed by atoms with van der Waals surface area (Å²) in [5.41, 5.74) is -1.11. The van der Waals surface area contributed by atoms with Crippen molar-refractivity contribution in [3.63, 3.8) is 0 Å². The van der Waals surface area contributed by atoms with Gasteiger partial charge in [0.1, 0.15) is 5.54 Å². The van der Waals surface area contributed by atoms with Gasteiger partial charge in [0.15, 0.2) is 0 Å². The molecule has 2 saturated carbocycles. The minimum absolute atomic E-state index is 0.00944. The molecule has 21 heavy (non-hydrogen) atoms. The number of hydrogen-bond acceptors (Lipinski definition) is 4. The summed E-state index contributed by atoms with van der Waals surface area (Å²) in [6.07, 6.45) is 3.58. The lowest BCUT2D eigenvalue weighted by molar-refractivity contribution is -0.148. The van der Waals surface area contributed by atoms with Crippen molar-refractivity contribution in [2.75, 3.05) is 5.32 Å². The summed E-state index contributed by atoms with van der Waals surface area (Å²) in [7, 11) is 0. The number of carboxylic acids is 1. The molecule has 2 aliphatic carbocycles. The van der Waals surface area contributed by atoms with Crippen molar-refractivity contribution in [2.45, 2.75) is 37.6 Å². The van der Waals surface area contributed by atoms with Crippen LogP contribution in [0.3, 0.4) is 0 Å². The van der Waals surface area contributed by atoms with Gasteiger partial charge in [-0.25, -0.2) is 4.79 Å². The van der Waals surface area contributed by atoms with Crippen LogP contribution in [0.15, 0.2) is 12.1 Å². The van der Waals surface area contributed by atoms with E-state index < -0.39 is 17.4 Å². The number of carbonyl (C=O) groups excluding carboxylic acids is 2. The largest absolute Gasteiger partial charge is 0.480 e. The maximum Gasteiger partial charge on any atom is 0.329 e. The minimum atomic E-state index is -1.11. The molecular formula is C14H16N2O4S. The Labute approximate surface area is 125 Å². The molecule has 0 atom stereocenters. The predicted octanol–water partition coefficient (Wildman–Crippen LogP) is 1.83. The normalized spacial score (nSPS) is 19.4. The fourth-order valence-corrected chi connectivity index (χ4v) is 3.10. The molecule has 1 aromatic heterocycles. The molecule has 2 aliphatic rings. The van der Waals surface area contributed by atoms with E-state index >= 15 is 0 Å². The van der Waals surface area contributed by atoms with Gasteiger partial charge >= 0.3 is 5.97 Å². The number of aliphatic carboxylic acids is 1. The third kappa shape index (κ3) is 2.78. The summed E-state index contributed by atoms with van der Waals surface area (Å²) >= 11 is 1.16. The highest BCUT2D eigenvalue weighted by atomic mass is 32.1. The molecule has 0 spiro atoms. The number of nitrogens with one attached hydrogen (secondary N) is 2. The highest BCUT2D eigenvalue weighted by Gasteiger charge is 2.45. The summed E-state index contributed by atoms with van der Waals surface area (Å²) in [6, 6.07) is 3.28. The van der Waals surface area contributed by atoms with Gasteiger partial charge in [-0.1, -0.05) is 0 Å². The molecule has 0 bridgehead atoms. The Hall–Kier alpha value is -1.89. The van der Waals surface area contributed by atoms with Crippen LogP contribution in [-0.4, -0.2) is 28.4 Å². The van der Waals surface area contributed by atoms with E-state index in [0.29, 0.717) is 22.7 Å². The van der Waals surface area contributed by atoms with Crippen LogP contribution in [0.4, 0.5) is 5.00 Å². The van der Waals surface area contributed by atoms with Crippen LogP contribution in [0.1, 0.15) is 41.8 Å². The number of amides is 2. The summed E-state index contributed by atoms with van der Waals surface area (Å²) < 4.78 is 0. The summed E-state index contributed by atoms with van der Waals surface area (Å²) in [6.45, 7) is 0. The van der Waals surface area contributed by atoms with Gasteiger partial charge in [0, 0.05) is 5.92 Å². The molecule has 2 amide bonds. The number of carbonyl (C=O) groups is 3. The first-order valence-corrected chi connectivity index (χ1v) is 7.78. The summed E-state index contributed by atoms with van der Waals surface area (Å²) in [5.74, 6) is -1.28. The third-order valence-corrected chi connectivity index (χ3v) is 4.99. The zero-order valence-electron chi connectivity index (χ0n) is 11.3. The topological polar surface area (TPSA) is 95.5 Å². The Morgan fingerprint density at radius 3 is 2.48 bits per heavy atom. The van der Waals surface area contributed by atoms with Gasteiger partial charge in [0.25, 0.3) is 5.91 Å². The Kier molecular flexibility index (Phi) is 3.44. The second-order valence-electron chi connectivity index (χ2n) is 5.62. The van der Waals surface area contributed by atoms with Gasteiger partial charge in [-0.05, 0) is 44.2 Å². The monoisotopic (exact) mass is 308 g/mol. The van der Waals surface area contributed by atoms with E-state index in [0.717, 1.165) is 30.6 Å². The molecule has 0 radical (unpaired) electrons. The van der Waals surface area contributed by atoms with Gasteiger partial charge in [-0.3, -0.25) is 9.59 Å². The molecule has 1 heterocycles. The molecule has 112 valence electrons. The molecule has 1 aromatic rings. The van der Waals surface area contributed by atoms with Crippen molar-refractivity contribution < 1.29 is 19.5 Å². The maximum absolute atomic E-state index is 12.1. The molecule has 3 rings (SSSR count). The standard InChI is InChI=1S/C14H16N2O4S/c17-11(8-2-3-8)15-10-5-4-9(21-10)12(18)16-14(13(19)20)6-1-7-14/h4-5,8H,1-3,6-7H2,(H,15,17)(H,16,18)(H,19,20). The molecule has 0 unspecified atom stereocenters. The van der Waals surface area contributed by atoms with Crippen LogP contribution in [0.5, 0.6) is 0 Å². The number of thiophene rings is 1. The van der Waals surface area contributed by atoms with Gasteiger partial charge in [-0.15, -0.1) is 11.3 Å². The van der Waals surface area contributed by atoms with Crippen LogP contribution in [0.25, 0.3) is 0 Å². The average Bonchev–Trinajstić information content (AvgIpc) is 3.14. The lowest BCUT2D eigenvalue weighted by Gasteiger charge is -2.38. The maximum atomic E-state index is 12.1. The number of anilines is 1. The highest BCUT2D eigenvalue weighted by Crippen LogP contribution is 2.34. The molecule has 0 aliphatic heterocycles. The first-order valence-electron chi connectivity index (χ1n) is 6.97. The third-order valence-electron chi connectivity index (χ3n) is 3.99. The van der Waals surface area contributed by atoms with E-state index in [2.05, 4.69) is 10.6 Å². The van der Waals surface area contributed by atoms with Crippen molar-refractivity contribution >= 4 is 34.1 Å². The fraction of sp³-hybridized carbons (Fsp3) is 0.500. The Balaban J connectivity index is 1.63. The molecule has 7 heteroatoms. The SMILES string of the molecule is O=C(NC1(C(=O)O)CCC1)c1ccc(NC(=O)C2CC2)s1. The fourth-order valence-electron chi connectivity index (χ4n) is 2.30. The zero-order chi connectivity index (χ0) is 15.0. The van der Waals surface area contributed by atoms with Crippen molar-refractivity contribution in [3.8, 4) is 0 Å². The molecule has 3 N–H and O–H groups in total. The summed E-state index contributed by atoms with van der Waals surface area (Å²) in [5, 5.41) is 15.2. The van der Waals surface area contributed by atoms with E-state index in [1.165, 1.54) is 0 Å². The van der Waals surface area contributed by atoms with Gasteiger partial charge in [-0.2, -0.15) is 0 Å². The van der Waals surface area contributed by atoms with Crippen molar-refractivity contribution in [1.29, 1.82) is 0 Å². The molecular weight excluding hydrogens is 292 g/mol. The van der Waals surface area contributed by atoms with Crippen LogP contribution in [0.2, 0.25) is 0 Å². The number of rotatable bonds is 5. The molecule has 0 saturated heterocycles. The average molecular weight is 308 g/mol. The van der Waals surface area contributed by atoms with Crippen molar-refractivity contribution in [2.24, 2.45) is 5.92 Å². The van der Waals surface area contributed by atoms with Crippen molar-refractivity contribution in [3.05, 3.63) is 17.0 Å². The lowest BCUT2D eigenvalue weighted by atomic mass is 9.77. The second kappa shape index (κ2) is 5.14. The predicted molar refractivity (Wildman–Crippen MR) is 77.4 cm³/mol. The zero-order valence-corrected chi connectivity index (χ0v) is 12.2. The van der Waals surface area contributed by atoms with Crippen LogP contribution in [-0.2, 0) is 9.59 Å². The van der Waals surface area contributed by atoms with E-state index in [-0.39, 0.29) is 11.8 Å². The van der Waals surface area contributed by atoms with E-state index in [1.54, 1.807) is 12.1 Å². The Morgan fingerprint density at radius 1 is 1.24 bits per heavy atom. The number of hydrogen-bond donors (Lipinski definition) is 3. The Morgan fingerprint density at radius 2 is 1.95 bits per heavy atom. The van der Waals surface area contributed by atoms with Gasteiger partial charge in [0.05, 0.1) is 9.88 Å². The van der Waals surface area contributed by atoms with Crippen LogP contribution >= 0.6 is 11.3 Å². The van der Waals surface area contributed by atoms with Crippen molar-refractivity contribution in [1.82, 2.24) is 5.32 Å². The minimum Gasteiger partial charge on any atom is -0.480 e. The van der Waals surface area contributed by atoms with E-state index in [4.69, 9.17) is 0 Å². The van der Waals surface area contributed by atoms with Gasteiger partial charge in [0.2, 0.25) is 5.91 Å². The molecule has 6 nitrogen and oxygen atoms in total. The van der Waals surface area contributed by atoms with E-state index in [9.17, 15) is 19.5 Å². The van der Waals surface area contributed by atoms with E-state index in [1.807, 2.05) is 0 Å². The summed E-state index contributed by atoms with van der Waals surface area (Å²) in [4.78, 5) is 35.4. The van der Waals surface area contributed by atoms with Crippen LogP contribution < -0.4 is 10.6 Å². The first kappa shape index (κ1) is 14.1. The van der Waals surface area contributed by atoms with Crippen LogP contribution in [0, 0.1) is 5.92 Å². The lowest BCUT2D eigenvalue weighted by Crippen LogP contribution is -2.59. The smallest absolute Gasteiger partial charge is 0.329 e. The molecule has 2 fully saturated rings. The first-order chi connectivity index (χ1) is 10.00. The molecule has 0 aromatic carbocycles. The quantitative estimate of drug-likeness (QED) is 0.773. The second-order valence-corrected chi connectivity index (χ2v) is 6.71. The van der Waals surface area contributed by atoms with Gasteiger partial charge < -0.3 is 15.7 Å². The highest BCUT2D eigenvalue weighted by molar-refractivity contribution is 7.18. The number of carboxylic acid groups (broad SMARTS) is 1.